The summed E-state index contributed by atoms with van der Waals surface area (Å²) in [7, 11) is 0. The van der Waals surface area contributed by atoms with Crippen LogP contribution >= 0.6 is 0 Å². The number of aryl methyl sites for hydroxylation is 1. The lowest BCUT2D eigenvalue weighted by Crippen LogP contribution is -2.47. The van der Waals surface area contributed by atoms with Crippen molar-refractivity contribution in [1.82, 2.24) is 9.88 Å². The summed E-state index contributed by atoms with van der Waals surface area (Å²) in [5.74, 6) is -1.01. The minimum absolute atomic E-state index is 0.0986. The molecule has 4 rings (SSSR count). The third-order valence-corrected chi connectivity index (χ3v) is 5.71. The summed E-state index contributed by atoms with van der Waals surface area (Å²) in [5, 5.41) is 0.568. The largest absolute Gasteiger partial charge is 0.381 e. The van der Waals surface area contributed by atoms with E-state index in [-0.39, 0.29) is 11.3 Å². The van der Waals surface area contributed by atoms with Gasteiger partial charge in [-0.05, 0) is 37.8 Å². The van der Waals surface area contributed by atoms with Crippen LogP contribution in [-0.2, 0) is 16.0 Å². The molecule has 2 fully saturated rings. The summed E-state index contributed by atoms with van der Waals surface area (Å²) in [6, 6.07) is 2.25. The number of carbonyl (C=O) groups excluding carboxylic acids is 1. The Labute approximate surface area is 145 Å². The molecule has 3 heterocycles. The summed E-state index contributed by atoms with van der Waals surface area (Å²) in [6.07, 6.45) is 3.03. The molecule has 134 valence electrons. The molecule has 0 unspecified atom stereocenters. The lowest BCUT2D eigenvalue weighted by Gasteiger charge is -2.39. The number of fused-ring (bicyclic) bond motifs is 1. The monoisotopic (exact) mass is 348 g/mol. The smallest absolute Gasteiger partial charge is 0.222 e. The van der Waals surface area contributed by atoms with E-state index in [1.54, 1.807) is 0 Å². The third kappa shape index (κ3) is 2.92. The number of halogens is 2. The normalized spacial score (nSPS) is 24.0. The molecular formula is C19H22F2N2O2. The molecule has 1 amide bonds. The average Bonchev–Trinajstić information content (AvgIpc) is 3.14. The third-order valence-electron chi connectivity index (χ3n) is 5.71. The van der Waals surface area contributed by atoms with E-state index in [9.17, 15) is 13.6 Å². The van der Waals surface area contributed by atoms with Crippen LogP contribution in [0.1, 0.15) is 30.5 Å². The van der Waals surface area contributed by atoms with Crippen LogP contribution in [0.15, 0.2) is 12.1 Å². The Morgan fingerprint density at radius 2 is 2.16 bits per heavy atom. The Balaban J connectivity index is 1.55. The molecule has 2 aromatic rings. The number of hydrogen-bond donors (Lipinski definition) is 1. The number of likely N-dealkylation sites (tertiary alicyclic amines) is 1. The molecule has 1 aromatic heterocycles. The van der Waals surface area contributed by atoms with Crippen molar-refractivity contribution in [2.24, 2.45) is 5.41 Å². The molecule has 2 aliphatic heterocycles. The van der Waals surface area contributed by atoms with Gasteiger partial charge in [0.05, 0.1) is 12.1 Å². The van der Waals surface area contributed by atoms with Gasteiger partial charge < -0.3 is 14.6 Å². The number of benzene rings is 1. The Morgan fingerprint density at radius 3 is 2.92 bits per heavy atom. The van der Waals surface area contributed by atoms with Crippen LogP contribution in [0.3, 0.4) is 0 Å². The number of amides is 1. The lowest BCUT2D eigenvalue weighted by atomic mass is 9.79. The van der Waals surface area contributed by atoms with Crippen molar-refractivity contribution in [1.29, 1.82) is 0 Å². The van der Waals surface area contributed by atoms with E-state index in [0.29, 0.717) is 30.3 Å². The second-order valence-corrected chi connectivity index (χ2v) is 7.41. The predicted octanol–water partition coefficient (Wildman–Crippen LogP) is 3.33. The van der Waals surface area contributed by atoms with Gasteiger partial charge >= 0.3 is 0 Å². The zero-order valence-electron chi connectivity index (χ0n) is 14.3. The average molecular weight is 348 g/mol. The number of rotatable bonds is 3. The molecule has 0 saturated carbocycles. The number of H-pyrrole nitrogens is 1. The Kier molecular flexibility index (Phi) is 4.02. The van der Waals surface area contributed by atoms with Gasteiger partial charge in [0.1, 0.15) is 11.6 Å². The fourth-order valence-corrected chi connectivity index (χ4v) is 4.25. The molecule has 2 saturated heterocycles. The van der Waals surface area contributed by atoms with E-state index < -0.39 is 11.6 Å². The van der Waals surface area contributed by atoms with Gasteiger partial charge in [-0.25, -0.2) is 8.78 Å². The topological polar surface area (TPSA) is 45.3 Å². The number of piperidine rings is 1. The highest BCUT2D eigenvalue weighted by atomic mass is 19.1. The van der Waals surface area contributed by atoms with Crippen molar-refractivity contribution < 1.29 is 18.3 Å². The second kappa shape index (κ2) is 6.09. The fourth-order valence-electron chi connectivity index (χ4n) is 4.25. The molecule has 0 bridgehead atoms. The zero-order valence-corrected chi connectivity index (χ0v) is 14.3. The van der Waals surface area contributed by atoms with Crippen LogP contribution in [0.5, 0.6) is 0 Å². The van der Waals surface area contributed by atoms with Gasteiger partial charge in [-0.2, -0.15) is 0 Å². The molecule has 1 atom stereocenters. The van der Waals surface area contributed by atoms with Gasteiger partial charge in [0.2, 0.25) is 5.91 Å². The predicted molar refractivity (Wildman–Crippen MR) is 90.3 cm³/mol. The Bertz CT molecular complexity index is 824. The summed E-state index contributed by atoms with van der Waals surface area (Å²) in [5.41, 5.74) is 2.13. The van der Waals surface area contributed by atoms with Crippen molar-refractivity contribution >= 4 is 16.8 Å². The fraction of sp³-hybridized carbons (Fsp3) is 0.526. The van der Waals surface area contributed by atoms with Gasteiger partial charge in [0, 0.05) is 48.7 Å². The standard InChI is InChI=1S/C19H22F2N2O2/c1-12-14(15-8-13(20)9-16(21)18(15)22-12)3-6-23-10-19(4-2-17(23)24)5-7-25-11-19/h8-9,22H,2-7,10-11H2,1H3/t19-/m0/s1. The molecule has 0 aliphatic carbocycles. The van der Waals surface area contributed by atoms with E-state index in [2.05, 4.69) is 4.98 Å². The number of nitrogens with one attached hydrogen (secondary N) is 1. The van der Waals surface area contributed by atoms with Crippen LogP contribution < -0.4 is 0 Å². The van der Waals surface area contributed by atoms with Crippen molar-refractivity contribution in [3.8, 4) is 0 Å². The van der Waals surface area contributed by atoms with E-state index in [4.69, 9.17) is 4.74 Å². The number of aromatic nitrogens is 1. The first-order valence-corrected chi connectivity index (χ1v) is 8.79. The summed E-state index contributed by atoms with van der Waals surface area (Å²) in [6.45, 7) is 4.63. The van der Waals surface area contributed by atoms with Crippen molar-refractivity contribution in [2.75, 3.05) is 26.3 Å². The van der Waals surface area contributed by atoms with Crippen LogP contribution in [-0.4, -0.2) is 42.1 Å². The first kappa shape index (κ1) is 16.5. The molecule has 6 heteroatoms. The summed E-state index contributed by atoms with van der Waals surface area (Å²) < 4.78 is 33.1. The van der Waals surface area contributed by atoms with Crippen LogP contribution in [0.25, 0.3) is 10.9 Å². The minimum Gasteiger partial charge on any atom is -0.381 e. The summed E-state index contributed by atoms with van der Waals surface area (Å²) in [4.78, 5) is 17.2. The molecule has 1 N–H and O–H groups in total. The Morgan fingerprint density at radius 1 is 1.32 bits per heavy atom. The van der Waals surface area contributed by atoms with Gasteiger partial charge in [-0.15, -0.1) is 0 Å². The maximum absolute atomic E-state index is 13.9. The van der Waals surface area contributed by atoms with Crippen molar-refractivity contribution in [3.63, 3.8) is 0 Å². The van der Waals surface area contributed by atoms with Gasteiger partial charge in [-0.3, -0.25) is 4.79 Å². The van der Waals surface area contributed by atoms with Gasteiger partial charge in [0.15, 0.2) is 0 Å². The quantitative estimate of drug-likeness (QED) is 0.925. The maximum atomic E-state index is 13.9. The van der Waals surface area contributed by atoms with Gasteiger partial charge in [-0.1, -0.05) is 0 Å². The van der Waals surface area contributed by atoms with E-state index in [1.165, 1.54) is 6.07 Å². The number of carbonyl (C=O) groups is 1. The van der Waals surface area contributed by atoms with Crippen LogP contribution in [0.2, 0.25) is 0 Å². The van der Waals surface area contributed by atoms with Crippen LogP contribution in [0.4, 0.5) is 8.78 Å². The molecule has 0 radical (unpaired) electrons. The summed E-state index contributed by atoms with van der Waals surface area (Å²) >= 11 is 0. The van der Waals surface area contributed by atoms with E-state index >= 15 is 0 Å². The number of ether oxygens (including phenoxy) is 1. The first-order valence-electron chi connectivity index (χ1n) is 8.79. The van der Waals surface area contributed by atoms with Crippen LogP contribution in [0, 0.1) is 24.0 Å². The molecule has 2 aliphatic rings. The zero-order chi connectivity index (χ0) is 17.6. The van der Waals surface area contributed by atoms with E-state index in [1.807, 2.05) is 11.8 Å². The number of aromatic amines is 1. The van der Waals surface area contributed by atoms with Crippen molar-refractivity contribution in [2.45, 2.75) is 32.6 Å². The van der Waals surface area contributed by atoms with Gasteiger partial charge in [0.25, 0.3) is 0 Å². The molecule has 1 aromatic carbocycles. The lowest BCUT2D eigenvalue weighted by molar-refractivity contribution is -0.137. The maximum Gasteiger partial charge on any atom is 0.222 e. The number of hydrogen-bond acceptors (Lipinski definition) is 2. The minimum atomic E-state index is -0.583. The second-order valence-electron chi connectivity index (χ2n) is 7.41. The number of nitrogens with zero attached hydrogens (tertiary/aromatic N) is 1. The molecule has 1 spiro atoms. The highest BCUT2D eigenvalue weighted by molar-refractivity contribution is 5.85. The highest BCUT2D eigenvalue weighted by Crippen LogP contribution is 2.38. The first-order chi connectivity index (χ1) is 12.0. The Hall–Kier alpha value is -1.95. The van der Waals surface area contributed by atoms with E-state index in [0.717, 1.165) is 49.9 Å². The SMILES string of the molecule is Cc1[nH]c2c(F)cc(F)cc2c1CCN1C[C@@]2(CCOC2)CCC1=O. The molecule has 25 heavy (non-hydrogen) atoms. The molecular weight excluding hydrogens is 326 g/mol. The molecule has 4 nitrogen and oxygen atoms in total. The highest BCUT2D eigenvalue weighted by Gasteiger charge is 2.41. The van der Waals surface area contributed by atoms with Crippen molar-refractivity contribution in [3.05, 3.63) is 35.0 Å².